The fourth-order valence-corrected chi connectivity index (χ4v) is 3.19. The maximum atomic E-state index is 14.0. The molecule has 0 atom stereocenters. The van der Waals surface area contributed by atoms with Gasteiger partial charge in [-0.1, -0.05) is 29.0 Å². The Balaban J connectivity index is 1.93. The summed E-state index contributed by atoms with van der Waals surface area (Å²) in [6, 6.07) is 8.02. The number of hydrogen-bond acceptors (Lipinski definition) is 5. The summed E-state index contributed by atoms with van der Waals surface area (Å²) in [7, 11) is 0. The third kappa shape index (κ3) is 1.93. The van der Waals surface area contributed by atoms with Crippen molar-refractivity contribution in [1.29, 1.82) is 0 Å². The van der Waals surface area contributed by atoms with Crippen molar-refractivity contribution in [2.24, 2.45) is 0 Å². The zero-order valence-corrected chi connectivity index (χ0v) is 11.9. The van der Waals surface area contributed by atoms with E-state index in [9.17, 15) is 4.39 Å². The molecule has 0 aliphatic rings. The highest BCUT2D eigenvalue weighted by molar-refractivity contribution is 7.19. The molecule has 0 aliphatic carbocycles. The van der Waals surface area contributed by atoms with Gasteiger partial charge in [0, 0.05) is 0 Å². The standard InChI is InChI=1S/C13H6ClFN4OS/c14-7-3-1-4-8(15)10(7)12-18-19-11(9-5-2-6-20-9)16-17-13(19)21-12/h1-6H. The van der Waals surface area contributed by atoms with Crippen LogP contribution in [0, 0.1) is 5.82 Å². The van der Waals surface area contributed by atoms with E-state index in [0.717, 1.165) is 0 Å². The van der Waals surface area contributed by atoms with Gasteiger partial charge in [-0.05, 0) is 24.3 Å². The second-order valence-corrected chi connectivity index (χ2v) is 5.56. The largest absolute Gasteiger partial charge is 0.461 e. The molecule has 5 nitrogen and oxygen atoms in total. The van der Waals surface area contributed by atoms with Gasteiger partial charge in [0.2, 0.25) is 10.8 Å². The normalized spacial score (nSPS) is 11.3. The van der Waals surface area contributed by atoms with Crippen LogP contribution in [0.4, 0.5) is 4.39 Å². The minimum Gasteiger partial charge on any atom is -0.461 e. The van der Waals surface area contributed by atoms with E-state index in [1.807, 2.05) is 0 Å². The second kappa shape index (κ2) is 4.64. The van der Waals surface area contributed by atoms with E-state index in [2.05, 4.69) is 15.3 Å². The molecule has 0 saturated carbocycles. The first-order valence-electron chi connectivity index (χ1n) is 5.94. The average molecular weight is 321 g/mol. The van der Waals surface area contributed by atoms with Crippen LogP contribution in [-0.4, -0.2) is 19.8 Å². The Labute approximate surface area is 126 Å². The molecule has 8 heteroatoms. The predicted octanol–water partition coefficient (Wildman–Crippen LogP) is 3.91. The van der Waals surface area contributed by atoms with Gasteiger partial charge < -0.3 is 4.42 Å². The maximum absolute atomic E-state index is 14.0. The van der Waals surface area contributed by atoms with Gasteiger partial charge >= 0.3 is 0 Å². The lowest BCUT2D eigenvalue weighted by Crippen LogP contribution is -1.91. The lowest BCUT2D eigenvalue weighted by molar-refractivity contribution is 0.575. The summed E-state index contributed by atoms with van der Waals surface area (Å²) in [4.78, 5) is 0.538. The molecule has 21 heavy (non-hydrogen) atoms. The molecule has 0 spiro atoms. The summed E-state index contributed by atoms with van der Waals surface area (Å²) in [6.45, 7) is 0. The monoisotopic (exact) mass is 320 g/mol. The van der Waals surface area contributed by atoms with Gasteiger partial charge in [-0.2, -0.15) is 9.61 Å². The Bertz CT molecular complexity index is 911. The van der Waals surface area contributed by atoms with E-state index >= 15 is 0 Å². The molecule has 104 valence electrons. The average Bonchev–Trinajstić information content (AvgIpc) is 3.13. The molecule has 1 aromatic carbocycles. The van der Waals surface area contributed by atoms with Crippen LogP contribution in [-0.2, 0) is 0 Å². The molecular formula is C13H6ClFN4OS. The van der Waals surface area contributed by atoms with Crippen LogP contribution >= 0.6 is 22.9 Å². The highest BCUT2D eigenvalue weighted by Crippen LogP contribution is 2.34. The summed E-state index contributed by atoms with van der Waals surface area (Å²) in [5, 5.41) is 13.1. The van der Waals surface area contributed by atoms with Crippen LogP contribution in [0.5, 0.6) is 0 Å². The van der Waals surface area contributed by atoms with E-state index in [-0.39, 0.29) is 5.56 Å². The van der Waals surface area contributed by atoms with Crippen molar-refractivity contribution in [3.63, 3.8) is 0 Å². The number of halogens is 2. The Morgan fingerprint density at radius 2 is 2.10 bits per heavy atom. The number of hydrogen-bond donors (Lipinski definition) is 0. The van der Waals surface area contributed by atoms with Gasteiger partial charge in [-0.15, -0.1) is 10.2 Å². The first-order chi connectivity index (χ1) is 10.2. The predicted molar refractivity (Wildman–Crippen MR) is 76.8 cm³/mol. The molecule has 0 saturated heterocycles. The van der Waals surface area contributed by atoms with Crippen LogP contribution in [0.3, 0.4) is 0 Å². The van der Waals surface area contributed by atoms with Gasteiger partial charge in [0.05, 0.1) is 16.8 Å². The minimum absolute atomic E-state index is 0.264. The van der Waals surface area contributed by atoms with Crippen LogP contribution in [0.2, 0.25) is 5.02 Å². The fourth-order valence-electron chi connectivity index (χ4n) is 1.98. The second-order valence-electron chi connectivity index (χ2n) is 4.20. The number of furan rings is 1. The summed E-state index contributed by atoms with van der Waals surface area (Å²) >= 11 is 7.27. The van der Waals surface area contributed by atoms with E-state index in [4.69, 9.17) is 16.0 Å². The summed E-state index contributed by atoms with van der Waals surface area (Å²) in [5.74, 6) is 0.580. The third-order valence-corrected chi connectivity index (χ3v) is 4.14. The fraction of sp³-hybridized carbons (Fsp3) is 0. The van der Waals surface area contributed by atoms with Crippen molar-refractivity contribution in [3.05, 3.63) is 47.4 Å². The van der Waals surface area contributed by atoms with Crippen LogP contribution < -0.4 is 0 Å². The topological polar surface area (TPSA) is 56.2 Å². The number of fused-ring (bicyclic) bond motifs is 1. The zero-order valence-electron chi connectivity index (χ0n) is 10.3. The molecule has 3 aromatic heterocycles. The van der Waals surface area contributed by atoms with Crippen molar-refractivity contribution in [3.8, 4) is 22.2 Å². The smallest absolute Gasteiger partial charge is 0.235 e. The number of benzene rings is 1. The zero-order chi connectivity index (χ0) is 14.4. The quantitative estimate of drug-likeness (QED) is 0.562. The highest BCUT2D eigenvalue weighted by Gasteiger charge is 2.19. The molecule has 4 rings (SSSR count). The molecule has 0 amide bonds. The minimum atomic E-state index is -0.424. The van der Waals surface area contributed by atoms with Crippen molar-refractivity contribution in [1.82, 2.24) is 19.8 Å². The van der Waals surface area contributed by atoms with Gasteiger partial charge in [0.1, 0.15) is 5.82 Å². The first kappa shape index (κ1) is 12.5. The molecule has 0 bridgehead atoms. The van der Waals surface area contributed by atoms with E-state index in [0.29, 0.717) is 26.6 Å². The molecule has 0 fully saturated rings. The van der Waals surface area contributed by atoms with Crippen LogP contribution in [0.25, 0.3) is 27.1 Å². The Morgan fingerprint density at radius 3 is 2.86 bits per heavy atom. The van der Waals surface area contributed by atoms with Gasteiger partial charge in [0.25, 0.3) is 0 Å². The molecule has 0 N–H and O–H groups in total. The third-order valence-electron chi connectivity index (χ3n) is 2.91. The summed E-state index contributed by atoms with van der Waals surface area (Å²) in [5.41, 5.74) is 0.264. The van der Waals surface area contributed by atoms with Crippen molar-refractivity contribution in [2.75, 3.05) is 0 Å². The van der Waals surface area contributed by atoms with Gasteiger partial charge in [-0.25, -0.2) is 4.39 Å². The first-order valence-corrected chi connectivity index (χ1v) is 7.14. The van der Waals surface area contributed by atoms with Gasteiger partial charge in [0.15, 0.2) is 10.8 Å². The lowest BCUT2D eigenvalue weighted by Gasteiger charge is -2.00. The molecule has 4 aromatic rings. The van der Waals surface area contributed by atoms with E-state index in [1.165, 1.54) is 28.2 Å². The number of aromatic nitrogens is 4. The van der Waals surface area contributed by atoms with Crippen LogP contribution in [0.1, 0.15) is 0 Å². The highest BCUT2D eigenvalue weighted by atomic mass is 35.5. The SMILES string of the molecule is Fc1cccc(Cl)c1-c1nn2c(-c3ccco3)nnc2s1. The van der Waals surface area contributed by atoms with Crippen molar-refractivity contribution < 1.29 is 8.81 Å². The summed E-state index contributed by atoms with van der Waals surface area (Å²) in [6.07, 6.45) is 1.54. The van der Waals surface area contributed by atoms with E-state index in [1.54, 1.807) is 24.3 Å². The Hall–Kier alpha value is -2.25. The van der Waals surface area contributed by atoms with Gasteiger partial charge in [-0.3, -0.25) is 0 Å². The molecule has 3 heterocycles. The van der Waals surface area contributed by atoms with Crippen molar-refractivity contribution in [2.45, 2.75) is 0 Å². The lowest BCUT2D eigenvalue weighted by atomic mass is 10.2. The summed E-state index contributed by atoms with van der Waals surface area (Å²) < 4.78 is 20.8. The molecular weight excluding hydrogens is 315 g/mol. The maximum Gasteiger partial charge on any atom is 0.235 e. The molecule has 0 unspecified atom stereocenters. The number of nitrogens with zero attached hydrogens (tertiary/aromatic N) is 4. The Kier molecular flexibility index (Phi) is 2.76. The molecule has 0 aliphatic heterocycles. The van der Waals surface area contributed by atoms with E-state index < -0.39 is 5.82 Å². The Morgan fingerprint density at radius 1 is 1.19 bits per heavy atom. The molecule has 0 radical (unpaired) electrons. The van der Waals surface area contributed by atoms with Crippen LogP contribution in [0.15, 0.2) is 41.0 Å². The van der Waals surface area contributed by atoms with Crippen molar-refractivity contribution >= 4 is 27.9 Å². The number of rotatable bonds is 2.